The van der Waals surface area contributed by atoms with E-state index >= 15 is 0 Å². The van der Waals surface area contributed by atoms with Gasteiger partial charge in [-0.3, -0.25) is 0 Å². The van der Waals surface area contributed by atoms with Gasteiger partial charge in [-0.25, -0.2) is 8.42 Å². The zero-order chi connectivity index (χ0) is 12.3. The van der Waals surface area contributed by atoms with Gasteiger partial charge in [-0.15, -0.1) is 0 Å². The van der Waals surface area contributed by atoms with Crippen LogP contribution >= 0.6 is 12.2 Å². The molecule has 0 heterocycles. The zero-order valence-corrected chi connectivity index (χ0v) is 11.5. The number of thiocarbonyl (C=S) groups is 1. The first-order valence-electron chi connectivity index (χ1n) is 5.64. The maximum Gasteiger partial charge on any atom is 0.217 e. The van der Waals surface area contributed by atoms with Crippen LogP contribution in [0.25, 0.3) is 0 Å². The van der Waals surface area contributed by atoms with E-state index in [4.69, 9.17) is 18.0 Å². The lowest BCUT2D eigenvalue weighted by atomic mass is 10.4. The minimum absolute atomic E-state index is 0.0906. The van der Waals surface area contributed by atoms with Gasteiger partial charge in [0.15, 0.2) is 0 Å². The summed E-state index contributed by atoms with van der Waals surface area (Å²) < 4.78 is 26.1. The minimum atomic E-state index is -3.23. The summed E-state index contributed by atoms with van der Waals surface area (Å²) in [7, 11) is -3.23. The number of sulfonamides is 1. The van der Waals surface area contributed by atoms with E-state index in [2.05, 4.69) is 0 Å². The molecule has 0 bridgehead atoms. The van der Waals surface area contributed by atoms with Crippen molar-refractivity contribution in [3.05, 3.63) is 0 Å². The summed E-state index contributed by atoms with van der Waals surface area (Å²) in [6.07, 6.45) is 3.54. The van der Waals surface area contributed by atoms with Gasteiger partial charge in [0.25, 0.3) is 0 Å². The zero-order valence-electron chi connectivity index (χ0n) is 9.85. The Morgan fingerprint density at radius 3 is 2.31 bits per heavy atom. The van der Waals surface area contributed by atoms with Crippen LogP contribution in [0.5, 0.6) is 0 Å². The van der Waals surface area contributed by atoms with Gasteiger partial charge < -0.3 is 5.73 Å². The highest BCUT2D eigenvalue weighted by Crippen LogP contribution is 2.27. The molecule has 2 N–H and O–H groups in total. The maximum absolute atomic E-state index is 12.3. The molecular weight excluding hydrogens is 244 g/mol. The number of hydrogen-bond donors (Lipinski definition) is 1. The summed E-state index contributed by atoms with van der Waals surface area (Å²) in [6.45, 7) is 3.86. The Hall–Kier alpha value is -0.200. The highest BCUT2D eigenvalue weighted by molar-refractivity contribution is 7.89. The Balaban J connectivity index is 2.87. The quantitative estimate of drug-likeness (QED) is 0.759. The lowest BCUT2D eigenvalue weighted by molar-refractivity contribution is 0.384. The molecule has 0 aromatic carbocycles. The summed E-state index contributed by atoms with van der Waals surface area (Å²) in [6, 6.07) is -0.0906. The van der Waals surface area contributed by atoms with Crippen molar-refractivity contribution in [1.29, 1.82) is 0 Å². The fourth-order valence-corrected chi connectivity index (χ4v) is 4.54. The van der Waals surface area contributed by atoms with Crippen LogP contribution in [0.1, 0.15) is 39.5 Å². The highest BCUT2D eigenvalue weighted by atomic mass is 32.2. The number of nitrogens with two attached hydrogens (primary N) is 1. The second kappa shape index (κ2) is 5.42. The molecule has 1 fully saturated rings. The molecular formula is C10H20N2O2S2. The average Bonchev–Trinajstić information content (AvgIpc) is 2.66. The van der Waals surface area contributed by atoms with Crippen LogP contribution in [0.3, 0.4) is 0 Å². The van der Waals surface area contributed by atoms with Crippen LogP contribution in [0.15, 0.2) is 0 Å². The molecule has 0 aromatic rings. The number of nitrogens with zero attached hydrogens (tertiary/aromatic N) is 1. The third kappa shape index (κ3) is 3.15. The second-order valence-electron chi connectivity index (χ2n) is 4.56. The number of hydrogen-bond acceptors (Lipinski definition) is 3. The van der Waals surface area contributed by atoms with Gasteiger partial charge in [0.1, 0.15) is 0 Å². The maximum atomic E-state index is 12.3. The topological polar surface area (TPSA) is 63.4 Å². The van der Waals surface area contributed by atoms with Gasteiger partial charge >= 0.3 is 0 Å². The van der Waals surface area contributed by atoms with Gasteiger partial charge in [-0.1, -0.05) is 25.1 Å². The van der Waals surface area contributed by atoms with E-state index in [0.717, 1.165) is 25.7 Å². The third-order valence-electron chi connectivity index (χ3n) is 2.94. The SMILES string of the molecule is CC(C)N(CC(N)=S)S(=O)(=O)C1CCCC1. The van der Waals surface area contributed by atoms with Gasteiger partial charge in [-0.2, -0.15) is 4.31 Å². The van der Waals surface area contributed by atoms with E-state index in [9.17, 15) is 8.42 Å². The van der Waals surface area contributed by atoms with E-state index < -0.39 is 10.0 Å². The van der Waals surface area contributed by atoms with Crippen molar-refractivity contribution in [2.45, 2.75) is 50.8 Å². The molecule has 0 spiro atoms. The molecule has 1 saturated carbocycles. The fraction of sp³-hybridized carbons (Fsp3) is 0.900. The molecule has 0 amide bonds. The Kier molecular flexibility index (Phi) is 4.70. The molecule has 94 valence electrons. The van der Waals surface area contributed by atoms with Crippen molar-refractivity contribution in [2.75, 3.05) is 6.54 Å². The largest absolute Gasteiger partial charge is 0.392 e. The van der Waals surface area contributed by atoms with Crippen LogP contribution in [-0.4, -0.2) is 35.5 Å². The van der Waals surface area contributed by atoms with Crippen LogP contribution in [0, 0.1) is 0 Å². The highest BCUT2D eigenvalue weighted by Gasteiger charge is 2.35. The summed E-state index contributed by atoms with van der Waals surface area (Å²) in [5.41, 5.74) is 5.45. The van der Waals surface area contributed by atoms with Crippen LogP contribution in [0.4, 0.5) is 0 Å². The standard InChI is InChI=1S/C10H20N2O2S2/c1-8(2)12(7-10(11)15)16(13,14)9-5-3-4-6-9/h8-9H,3-7H2,1-2H3,(H2,11,15). The first-order chi connectivity index (χ1) is 7.35. The molecule has 0 unspecified atom stereocenters. The smallest absolute Gasteiger partial charge is 0.217 e. The molecule has 1 aliphatic rings. The van der Waals surface area contributed by atoms with Gasteiger partial charge in [0, 0.05) is 6.04 Å². The molecule has 6 heteroatoms. The Morgan fingerprint density at radius 1 is 1.44 bits per heavy atom. The second-order valence-corrected chi connectivity index (χ2v) is 7.25. The molecule has 0 saturated heterocycles. The van der Waals surface area contributed by atoms with E-state index in [-0.39, 0.29) is 22.8 Å². The van der Waals surface area contributed by atoms with Crippen molar-refractivity contribution in [1.82, 2.24) is 4.31 Å². The lowest BCUT2D eigenvalue weighted by Crippen LogP contribution is -2.45. The normalized spacial score (nSPS) is 18.5. The van der Waals surface area contributed by atoms with Crippen LogP contribution in [0.2, 0.25) is 0 Å². The van der Waals surface area contributed by atoms with Crippen LogP contribution < -0.4 is 5.73 Å². The Morgan fingerprint density at radius 2 is 1.94 bits per heavy atom. The minimum Gasteiger partial charge on any atom is -0.392 e. The molecule has 0 aromatic heterocycles. The lowest BCUT2D eigenvalue weighted by Gasteiger charge is -2.28. The molecule has 0 radical (unpaired) electrons. The van der Waals surface area contributed by atoms with E-state index in [1.165, 1.54) is 4.31 Å². The third-order valence-corrected chi connectivity index (χ3v) is 5.59. The average molecular weight is 264 g/mol. The van der Waals surface area contributed by atoms with Gasteiger partial charge in [0.05, 0.1) is 16.8 Å². The molecule has 0 aliphatic heterocycles. The van der Waals surface area contributed by atoms with Gasteiger partial charge in [-0.05, 0) is 26.7 Å². The van der Waals surface area contributed by atoms with Crippen LogP contribution in [-0.2, 0) is 10.0 Å². The molecule has 0 atom stereocenters. The van der Waals surface area contributed by atoms with E-state index in [1.807, 2.05) is 13.8 Å². The van der Waals surface area contributed by atoms with Crippen molar-refractivity contribution in [3.63, 3.8) is 0 Å². The van der Waals surface area contributed by atoms with Crippen molar-refractivity contribution < 1.29 is 8.42 Å². The Bertz CT molecular complexity index is 346. The first kappa shape index (κ1) is 13.9. The predicted octanol–water partition coefficient (Wildman–Crippen LogP) is 1.26. The summed E-state index contributed by atoms with van der Waals surface area (Å²) in [5, 5.41) is -0.232. The number of rotatable bonds is 5. The summed E-state index contributed by atoms with van der Waals surface area (Å²) in [5.74, 6) is 0. The molecule has 1 aliphatic carbocycles. The predicted molar refractivity (Wildman–Crippen MR) is 69.8 cm³/mol. The van der Waals surface area contributed by atoms with E-state index in [1.54, 1.807) is 0 Å². The molecule has 1 rings (SSSR count). The van der Waals surface area contributed by atoms with E-state index in [0.29, 0.717) is 0 Å². The monoisotopic (exact) mass is 264 g/mol. The molecule has 4 nitrogen and oxygen atoms in total. The van der Waals surface area contributed by atoms with Crippen molar-refractivity contribution >= 4 is 27.2 Å². The van der Waals surface area contributed by atoms with Crippen molar-refractivity contribution in [3.8, 4) is 0 Å². The first-order valence-corrected chi connectivity index (χ1v) is 7.56. The summed E-state index contributed by atoms with van der Waals surface area (Å²) >= 11 is 4.81. The van der Waals surface area contributed by atoms with Crippen molar-refractivity contribution in [2.24, 2.45) is 5.73 Å². The fourth-order valence-electron chi connectivity index (χ4n) is 2.10. The van der Waals surface area contributed by atoms with Gasteiger partial charge in [0.2, 0.25) is 10.0 Å². The Labute approximate surface area is 103 Å². The summed E-state index contributed by atoms with van der Waals surface area (Å²) in [4.78, 5) is 0.232. The molecule has 16 heavy (non-hydrogen) atoms.